The van der Waals surface area contributed by atoms with Crippen LogP contribution in [0.5, 0.6) is 0 Å². The van der Waals surface area contributed by atoms with Gasteiger partial charge in [-0.2, -0.15) is 0 Å². The maximum absolute atomic E-state index is 12.8. The van der Waals surface area contributed by atoms with Crippen molar-refractivity contribution in [1.82, 2.24) is 4.90 Å². The highest BCUT2D eigenvalue weighted by molar-refractivity contribution is 7.91. The summed E-state index contributed by atoms with van der Waals surface area (Å²) in [5, 5.41) is 0. The first-order valence-corrected chi connectivity index (χ1v) is 10.1. The number of nitrogens with zero attached hydrogens (tertiary/aromatic N) is 2. The van der Waals surface area contributed by atoms with Gasteiger partial charge >= 0.3 is 0 Å². The Morgan fingerprint density at radius 1 is 1.22 bits per heavy atom. The van der Waals surface area contributed by atoms with E-state index < -0.39 is 9.84 Å². The minimum absolute atomic E-state index is 0.0136. The Hall–Kier alpha value is -1.56. The summed E-state index contributed by atoms with van der Waals surface area (Å²) in [6, 6.07) is 9.67. The molecule has 1 aliphatic rings. The van der Waals surface area contributed by atoms with Crippen molar-refractivity contribution in [2.45, 2.75) is 32.7 Å². The largest absolute Gasteiger partial charge is 0.362 e. The number of benzene rings is 1. The maximum atomic E-state index is 12.8. The van der Waals surface area contributed by atoms with Crippen molar-refractivity contribution >= 4 is 21.4 Å². The van der Waals surface area contributed by atoms with Crippen molar-refractivity contribution in [3.05, 3.63) is 30.3 Å². The summed E-state index contributed by atoms with van der Waals surface area (Å²) in [6.07, 6.45) is 1.39. The van der Waals surface area contributed by atoms with Crippen molar-refractivity contribution in [1.29, 1.82) is 0 Å². The number of hydrogen-bond donors (Lipinski definition) is 0. The molecule has 0 N–H and O–H groups in total. The van der Waals surface area contributed by atoms with Crippen molar-refractivity contribution < 1.29 is 13.2 Å². The second-order valence-electron chi connectivity index (χ2n) is 5.99. The summed E-state index contributed by atoms with van der Waals surface area (Å²) in [6.45, 7) is 5.67. The summed E-state index contributed by atoms with van der Waals surface area (Å²) < 4.78 is 23.4. The number of anilines is 1. The van der Waals surface area contributed by atoms with E-state index in [-0.39, 0.29) is 30.0 Å². The Balaban J connectivity index is 2.08. The lowest BCUT2D eigenvalue weighted by Gasteiger charge is -2.31. The number of rotatable bonds is 7. The van der Waals surface area contributed by atoms with Crippen LogP contribution in [0.25, 0.3) is 0 Å². The third-order valence-electron chi connectivity index (χ3n) is 4.26. The molecule has 1 fully saturated rings. The van der Waals surface area contributed by atoms with Gasteiger partial charge in [-0.25, -0.2) is 8.42 Å². The lowest BCUT2D eigenvalue weighted by Crippen LogP contribution is -2.46. The lowest BCUT2D eigenvalue weighted by atomic mass is 10.2. The van der Waals surface area contributed by atoms with Gasteiger partial charge in [0.05, 0.1) is 18.1 Å². The maximum Gasteiger partial charge on any atom is 0.242 e. The predicted molar refractivity (Wildman–Crippen MR) is 93.4 cm³/mol. The number of amides is 1. The van der Waals surface area contributed by atoms with E-state index in [0.717, 1.165) is 18.7 Å². The summed E-state index contributed by atoms with van der Waals surface area (Å²) >= 11 is 0. The summed E-state index contributed by atoms with van der Waals surface area (Å²) in [5.74, 6) is 0.317. The van der Waals surface area contributed by atoms with Crippen LogP contribution in [-0.4, -0.2) is 56.4 Å². The van der Waals surface area contributed by atoms with Gasteiger partial charge < -0.3 is 9.80 Å². The molecule has 6 heteroatoms. The molecule has 1 aromatic carbocycles. The molecule has 1 saturated heterocycles. The monoisotopic (exact) mass is 338 g/mol. The molecule has 1 aromatic rings. The molecule has 23 heavy (non-hydrogen) atoms. The second kappa shape index (κ2) is 7.81. The van der Waals surface area contributed by atoms with E-state index in [4.69, 9.17) is 0 Å². The second-order valence-corrected chi connectivity index (χ2v) is 8.22. The summed E-state index contributed by atoms with van der Waals surface area (Å²) in [5.41, 5.74) is 1.01. The van der Waals surface area contributed by atoms with Crippen LogP contribution in [0.4, 0.5) is 5.69 Å². The van der Waals surface area contributed by atoms with Gasteiger partial charge in [0.15, 0.2) is 9.84 Å². The molecule has 0 aliphatic carbocycles. The number of likely N-dealkylation sites (N-methyl/N-ethyl adjacent to an activating group) is 1. The summed E-state index contributed by atoms with van der Waals surface area (Å²) in [4.78, 5) is 16.6. The van der Waals surface area contributed by atoms with Crippen LogP contribution in [0.1, 0.15) is 26.7 Å². The molecule has 0 saturated carbocycles. The topological polar surface area (TPSA) is 57.7 Å². The highest BCUT2D eigenvalue weighted by Crippen LogP contribution is 2.20. The zero-order chi connectivity index (χ0) is 16.9. The third kappa shape index (κ3) is 4.70. The first kappa shape index (κ1) is 17.8. The van der Waals surface area contributed by atoms with Crippen LogP contribution >= 0.6 is 0 Å². The average molecular weight is 338 g/mol. The Morgan fingerprint density at radius 2 is 1.91 bits per heavy atom. The highest BCUT2D eigenvalue weighted by Gasteiger charge is 2.34. The third-order valence-corrected chi connectivity index (χ3v) is 6.01. The van der Waals surface area contributed by atoms with Crippen molar-refractivity contribution in [3.63, 3.8) is 0 Å². The zero-order valence-corrected chi connectivity index (χ0v) is 14.8. The fourth-order valence-electron chi connectivity index (χ4n) is 3.05. The number of para-hydroxylation sites is 1. The van der Waals surface area contributed by atoms with E-state index in [0.29, 0.717) is 13.0 Å². The molecule has 5 nitrogen and oxygen atoms in total. The van der Waals surface area contributed by atoms with Crippen LogP contribution in [0.15, 0.2) is 30.3 Å². The van der Waals surface area contributed by atoms with Crippen LogP contribution in [0, 0.1) is 0 Å². The van der Waals surface area contributed by atoms with Crippen molar-refractivity contribution in [2.75, 3.05) is 36.0 Å². The van der Waals surface area contributed by atoms with Gasteiger partial charge in [-0.1, -0.05) is 25.1 Å². The van der Waals surface area contributed by atoms with Gasteiger partial charge in [0.2, 0.25) is 5.91 Å². The van der Waals surface area contributed by atoms with Crippen LogP contribution in [0.3, 0.4) is 0 Å². The van der Waals surface area contributed by atoms with Gasteiger partial charge in [-0.15, -0.1) is 0 Å². The standard InChI is InChI=1S/C17H26N2O3S/c1-3-11-19(16-10-12-23(21,22)14-16)17(20)13-18(4-2)15-8-6-5-7-9-15/h5-9,16H,3-4,10-14H2,1-2H3. The van der Waals surface area contributed by atoms with E-state index in [1.807, 2.05) is 49.1 Å². The Morgan fingerprint density at radius 3 is 2.43 bits per heavy atom. The van der Waals surface area contributed by atoms with Crippen LogP contribution in [0.2, 0.25) is 0 Å². The molecule has 1 unspecified atom stereocenters. The Bertz CT molecular complexity index is 616. The molecule has 1 amide bonds. The molecule has 1 heterocycles. The average Bonchev–Trinajstić information content (AvgIpc) is 2.90. The van der Waals surface area contributed by atoms with E-state index in [2.05, 4.69) is 0 Å². The quantitative estimate of drug-likeness (QED) is 0.762. The SMILES string of the molecule is CCCN(C(=O)CN(CC)c1ccccc1)C1CCS(=O)(=O)C1. The molecular weight excluding hydrogens is 312 g/mol. The smallest absolute Gasteiger partial charge is 0.242 e. The molecule has 2 rings (SSSR count). The number of carbonyl (C=O) groups excluding carboxylic acids is 1. The molecule has 1 aliphatic heterocycles. The number of carbonyl (C=O) groups is 1. The van der Waals surface area contributed by atoms with Crippen LogP contribution in [-0.2, 0) is 14.6 Å². The molecule has 0 radical (unpaired) electrons. The van der Waals surface area contributed by atoms with E-state index in [1.165, 1.54) is 0 Å². The predicted octanol–water partition coefficient (Wildman–Crippen LogP) is 1.94. The number of sulfone groups is 1. The fraction of sp³-hybridized carbons (Fsp3) is 0.588. The lowest BCUT2D eigenvalue weighted by molar-refractivity contribution is -0.131. The molecular formula is C17H26N2O3S. The summed E-state index contributed by atoms with van der Waals surface area (Å²) in [7, 11) is -2.99. The van der Waals surface area contributed by atoms with E-state index in [9.17, 15) is 13.2 Å². The van der Waals surface area contributed by atoms with Crippen molar-refractivity contribution in [3.8, 4) is 0 Å². The molecule has 1 atom stereocenters. The molecule has 0 aromatic heterocycles. The minimum atomic E-state index is -2.99. The first-order valence-electron chi connectivity index (χ1n) is 8.26. The Kier molecular flexibility index (Phi) is 6.04. The van der Waals surface area contributed by atoms with Gasteiger partial charge in [0.25, 0.3) is 0 Å². The fourth-order valence-corrected chi connectivity index (χ4v) is 4.78. The van der Waals surface area contributed by atoms with Gasteiger partial charge in [0.1, 0.15) is 0 Å². The van der Waals surface area contributed by atoms with Gasteiger partial charge in [-0.3, -0.25) is 4.79 Å². The van der Waals surface area contributed by atoms with E-state index in [1.54, 1.807) is 4.90 Å². The van der Waals surface area contributed by atoms with Gasteiger partial charge in [0, 0.05) is 24.8 Å². The molecule has 0 bridgehead atoms. The van der Waals surface area contributed by atoms with Crippen molar-refractivity contribution in [2.24, 2.45) is 0 Å². The van der Waals surface area contributed by atoms with E-state index >= 15 is 0 Å². The normalized spacial score (nSPS) is 19.5. The highest BCUT2D eigenvalue weighted by atomic mass is 32.2. The number of hydrogen-bond acceptors (Lipinski definition) is 4. The zero-order valence-electron chi connectivity index (χ0n) is 13.9. The minimum Gasteiger partial charge on any atom is -0.362 e. The van der Waals surface area contributed by atoms with Crippen LogP contribution < -0.4 is 4.90 Å². The Labute approximate surface area is 139 Å². The first-order chi connectivity index (χ1) is 11.0. The molecule has 0 spiro atoms. The molecule has 128 valence electrons. The van der Waals surface area contributed by atoms with Gasteiger partial charge in [-0.05, 0) is 31.9 Å².